The minimum atomic E-state index is -0.285. The predicted molar refractivity (Wildman–Crippen MR) is 43.7 cm³/mol. The number of hydrogen-bond donors (Lipinski definition) is 0. The van der Waals surface area contributed by atoms with E-state index in [-0.39, 0.29) is 10.9 Å². The monoisotopic (exact) mass is 162 g/mol. The third-order valence-electron chi connectivity index (χ3n) is 1.37. The maximum absolute atomic E-state index is 12.9. The fraction of sp³-hybridized carbons (Fsp3) is 0.500. The topological polar surface area (TPSA) is 0 Å². The van der Waals surface area contributed by atoms with E-state index in [0.717, 1.165) is 0 Å². The Kier molecular flexibility index (Phi) is 4.37. The molecule has 0 aromatic rings. The van der Waals surface area contributed by atoms with E-state index >= 15 is 0 Å². The van der Waals surface area contributed by atoms with Crippen molar-refractivity contribution in [1.29, 1.82) is 0 Å². The van der Waals surface area contributed by atoms with Crippen molar-refractivity contribution in [2.45, 2.75) is 27.2 Å². The van der Waals surface area contributed by atoms with Gasteiger partial charge in [0.05, 0.1) is 5.03 Å². The largest absolute Gasteiger partial charge is 0.205 e. The summed E-state index contributed by atoms with van der Waals surface area (Å²) >= 11 is 5.52. The van der Waals surface area contributed by atoms with Crippen LogP contribution >= 0.6 is 11.6 Å². The molecular formula is C8H12ClF. The van der Waals surface area contributed by atoms with E-state index in [1.165, 1.54) is 0 Å². The highest BCUT2D eigenvalue weighted by Gasteiger charge is 2.01. The van der Waals surface area contributed by atoms with Crippen molar-refractivity contribution in [3.05, 3.63) is 22.5 Å². The van der Waals surface area contributed by atoms with Gasteiger partial charge in [-0.25, -0.2) is 4.39 Å². The van der Waals surface area contributed by atoms with Gasteiger partial charge in [-0.05, 0) is 25.8 Å². The minimum Gasteiger partial charge on any atom is -0.205 e. The molecular weight excluding hydrogens is 151 g/mol. The van der Waals surface area contributed by atoms with Gasteiger partial charge in [0.1, 0.15) is 5.83 Å². The van der Waals surface area contributed by atoms with Gasteiger partial charge in [0.25, 0.3) is 0 Å². The maximum Gasteiger partial charge on any atom is 0.140 e. The molecule has 0 rings (SSSR count). The van der Waals surface area contributed by atoms with Crippen LogP contribution in [0.3, 0.4) is 0 Å². The first kappa shape index (κ1) is 9.70. The molecule has 0 nitrogen and oxygen atoms in total. The average Bonchev–Trinajstić information content (AvgIpc) is 2.00. The average molecular weight is 163 g/mol. The molecule has 0 saturated carbocycles. The molecule has 0 saturated heterocycles. The number of allylic oxidation sites excluding steroid dienone is 4. The molecule has 0 N–H and O–H groups in total. The van der Waals surface area contributed by atoms with Gasteiger partial charge in [0.2, 0.25) is 0 Å². The third-order valence-corrected chi connectivity index (χ3v) is 1.75. The van der Waals surface area contributed by atoms with Gasteiger partial charge >= 0.3 is 0 Å². The first-order valence-electron chi connectivity index (χ1n) is 3.30. The molecule has 0 fully saturated rings. The first-order valence-corrected chi connectivity index (χ1v) is 3.68. The predicted octanol–water partition coefficient (Wildman–Crippen LogP) is 3.78. The lowest BCUT2D eigenvalue weighted by atomic mass is 10.2. The van der Waals surface area contributed by atoms with E-state index < -0.39 is 0 Å². The molecule has 0 radical (unpaired) electrons. The van der Waals surface area contributed by atoms with Crippen LogP contribution in [0.5, 0.6) is 0 Å². The number of hydrogen-bond acceptors (Lipinski definition) is 0. The Labute approximate surface area is 66.4 Å². The molecule has 2 heteroatoms. The van der Waals surface area contributed by atoms with Crippen LogP contribution in [0.2, 0.25) is 0 Å². The highest BCUT2D eigenvalue weighted by atomic mass is 35.5. The summed E-state index contributed by atoms with van der Waals surface area (Å²) in [5.41, 5.74) is 0.697. The molecule has 0 aliphatic rings. The van der Waals surface area contributed by atoms with E-state index in [9.17, 15) is 4.39 Å². The Hall–Kier alpha value is -0.300. The van der Waals surface area contributed by atoms with E-state index in [1.54, 1.807) is 19.9 Å². The summed E-state index contributed by atoms with van der Waals surface area (Å²) in [5, 5.41) is 0.208. The molecule has 0 atom stereocenters. The summed E-state index contributed by atoms with van der Waals surface area (Å²) in [6, 6.07) is 0. The number of halogens is 2. The second kappa shape index (κ2) is 4.51. The first-order chi connectivity index (χ1) is 4.63. The fourth-order valence-electron chi connectivity index (χ4n) is 0.486. The summed E-state index contributed by atoms with van der Waals surface area (Å²) in [4.78, 5) is 0. The molecule has 0 aliphatic heterocycles. The zero-order valence-corrected chi connectivity index (χ0v) is 7.30. The molecule has 0 aromatic heterocycles. The summed E-state index contributed by atoms with van der Waals surface area (Å²) < 4.78 is 12.9. The smallest absolute Gasteiger partial charge is 0.140 e. The molecule has 0 aromatic carbocycles. The van der Waals surface area contributed by atoms with Crippen molar-refractivity contribution in [2.24, 2.45) is 0 Å². The summed E-state index contributed by atoms with van der Waals surface area (Å²) in [6.45, 7) is 5.35. The zero-order valence-electron chi connectivity index (χ0n) is 6.54. The van der Waals surface area contributed by atoms with E-state index in [0.29, 0.717) is 12.0 Å². The standard InChI is InChI=1S/C8H12ClF/c1-4-6(3)8(10)7(9)5-2/h5H,4H2,1-3H3/b7-5+,8-6+. The molecule has 0 bridgehead atoms. The van der Waals surface area contributed by atoms with E-state index in [4.69, 9.17) is 11.6 Å². The maximum atomic E-state index is 12.9. The van der Waals surface area contributed by atoms with Crippen LogP contribution < -0.4 is 0 Å². The van der Waals surface area contributed by atoms with Crippen LogP contribution in [0.25, 0.3) is 0 Å². The highest BCUT2D eigenvalue weighted by Crippen LogP contribution is 2.21. The number of rotatable bonds is 2. The molecule has 0 aliphatic carbocycles. The van der Waals surface area contributed by atoms with Gasteiger partial charge in [-0.2, -0.15) is 0 Å². The quantitative estimate of drug-likeness (QED) is 0.542. The van der Waals surface area contributed by atoms with E-state index in [2.05, 4.69) is 0 Å². The van der Waals surface area contributed by atoms with Crippen molar-refractivity contribution >= 4 is 11.6 Å². The van der Waals surface area contributed by atoms with Crippen LogP contribution in [-0.2, 0) is 0 Å². The molecule has 0 heterocycles. The van der Waals surface area contributed by atoms with Crippen molar-refractivity contribution in [1.82, 2.24) is 0 Å². The van der Waals surface area contributed by atoms with Crippen molar-refractivity contribution in [3.8, 4) is 0 Å². The summed E-state index contributed by atoms with van der Waals surface area (Å²) in [6.07, 6.45) is 2.26. The van der Waals surface area contributed by atoms with Gasteiger partial charge in [-0.15, -0.1) is 0 Å². The van der Waals surface area contributed by atoms with Crippen LogP contribution in [-0.4, -0.2) is 0 Å². The molecule has 58 valence electrons. The second-order valence-electron chi connectivity index (χ2n) is 2.08. The van der Waals surface area contributed by atoms with Gasteiger partial charge in [0, 0.05) is 0 Å². The fourth-order valence-corrected chi connectivity index (χ4v) is 0.647. The van der Waals surface area contributed by atoms with Crippen molar-refractivity contribution in [3.63, 3.8) is 0 Å². The normalized spacial score (nSPS) is 15.1. The molecule has 0 spiro atoms. The van der Waals surface area contributed by atoms with E-state index in [1.807, 2.05) is 6.92 Å². The Morgan fingerprint density at radius 2 is 2.10 bits per heavy atom. The zero-order chi connectivity index (χ0) is 8.15. The Balaban J connectivity index is 4.46. The Morgan fingerprint density at radius 3 is 2.40 bits per heavy atom. The van der Waals surface area contributed by atoms with Crippen LogP contribution in [0.15, 0.2) is 22.5 Å². The van der Waals surface area contributed by atoms with Gasteiger partial charge in [-0.3, -0.25) is 0 Å². The van der Waals surface area contributed by atoms with Gasteiger partial charge in [0.15, 0.2) is 0 Å². The summed E-state index contributed by atoms with van der Waals surface area (Å²) in [7, 11) is 0. The lowest BCUT2D eigenvalue weighted by Gasteiger charge is -1.98. The van der Waals surface area contributed by atoms with Crippen LogP contribution in [0.1, 0.15) is 27.2 Å². The second-order valence-corrected chi connectivity index (χ2v) is 2.49. The lowest BCUT2D eigenvalue weighted by Crippen LogP contribution is -1.80. The van der Waals surface area contributed by atoms with Crippen molar-refractivity contribution in [2.75, 3.05) is 0 Å². The minimum absolute atomic E-state index is 0.208. The Morgan fingerprint density at radius 1 is 1.60 bits per heavy atom. The summed E-state index contributed by atoms with van der Waals surface area (Å²) in [5.74, 6) is -0.285. The van der Waals surface area contributed by atoms with Gasteiger partial charge in [-0.1, -0.05) is 24.6 Å². The molecule has 0 unspecified atom stereocenters. The Bertz CT molecular complexity index is 168. The van der Waals surface area contributed by atoms with Crippen LogP contribution in [0, 0.1) is 0 Å². The molecule has 10 heavy (non-hydrogen) atoms. The third kappa shape index (κ3) is 2.53. The SMILES string of the molecule is C/C=C(Cl)\C(F)=C(\C)CC. The molecule has 0 amide bonds. The highest BCUT2D eigenvalue weighted by molar-refractivity contribution is 6.31. The van der Waals surface area contributed by atoms with Gasteiger partial charge < -0.3 is 0 Å². The van der Waals surface area contributed by atoms with Crippen LogP contribution in [0.4, 0.5) is 4.39 Å². The lowest BCUT2D eigenvalue weighted by molar-refractivity contribution is 0.643. The van der Waals surface area contributed by atoms with Crippen molar-refractivity contribution < 1.29 is 4.39 Å².